The molecule has 1 unspecified atom stereocenters. The number of ether oxygens (including phenoxy) is 1. The van der Waals surface area contributed by atoms with Gasteiger partial charge in [0.2, 0.25) is 0 Å². The molecule has 0 fully saturated rings. The minimum absolute atomic E-state index is 0.181. The fourth-order valence-electron chi connectivity index (χ4n) is 2.41. The first kappa shape index (κ1) is 14.5. The van der Waals surface area contributed by atoms with E-state index in [1.165, 1.54) is 37.8 Å². The summed E-state index contributed by atoms with van der Waals surface area (Å²) in [6, 6.07) is 0. The van der Waals surface area contributed by atoms with Crippen LogP contribution in [-0.4, -0.2) is 12.1 Å². The van der Waals surface area contributed by atoms with Crippen molar-refractivity contribution >= 4 is 11.3 Å². The van der Waals surface area contributed by atoms with E-state index in [0.717, 1.165) is 10.1 Å². The molecule has 3 heteroatoms. The second kappa shape index (κ2) is 6.39. The van der Waals surface area contributed by atoms with Crippen molar-refractivity contribution < 1.29 is 4.74 Å². The topological polar surface area (TPSA) is 22.1 Å². The molecule has 2 nitrogen and oxygen atoms in total. The second-order valence-electron chi connectivity index (χ2n) is 4.99. The highest BCUT2D eigenvalue weighted by Gasteiger charge is 2.31. The number of hydrogen-bond donors (Lipinski definition) is 0. The molecule has 0 saturated carbocycles. The molecule has 0 spiro atoms. The average Bonchev–Trinajstić information content (AvgIpc) is 2.69. The fraction of sp³-hybridized carbons (Fsp3) is 0.786. The van der Waals surface area contributed by atoms with Gasteiger partial charge in [-0.15, -0.1) is 0 Å². The smallest absolute Gasteiger partial charge is 0.197 e. The third-order valence-electron chi connectivity index (χ3n) is 3.34. The Kier molecular flexibility index (Phi) is 5.44. The average molecular weight is 255 g/mol. The van der Waals surface area contributed by atoms with Crippen LogP contribution in [0.4, 0.5) is 0 Å². The zero-order valence-corrected chi connectivity index (χ0v) is 12.6. The van der Waals surface area contributed by atoms with Crippen molar-refractivity contribution in [3.8, 4) is 5.06 Å². The van der Waals surface area contributed by atoms with E-state index in [1.54, 1.807) is 18.4 Å². The maximum absolute atomic E-state index is 5.49. The van der Waals surface area contributed by atoms with Gasteiger partial charge in [0, 0.05) is 5.41 Å². The maximum Gasteiger partial charge on any atom is 0.197 e. The molecule has 0 amide bonds. The van der Waals surface area contributed by atoms with Crippen LogP contribution < -0.4 is 4.74 Å². The third kappa shape index (κ3) is 3.44. The van der Waals surface area contributed by atoms with E-state index in [-0.39, 0.29) is 5.41 Å². The summed E-state index contributed by atoms with van der Waals surface area (Å²) < 4.78 is 5.49. The van der Waals surface area contributed by atoms with Crippen molar-refractivity contribution in [3.05, 3.63) is 10.7 Å². The Labute approximate surface area is 109 Å². The zero-order chi connectivity index (χ0) is 12.9. The van der Waals surface area contributed by atoms with Crippen LogP contribution in [0.5, 0.6) is 5.06 Å². The molecule has 1 atom stereocenters. The Morgan fingerprint density at radius 1 is 1.24 bits per heavy atom. The van der Waals surface area contributed by atoms with Gasteiger partial charge in [-0.2, -0.15) is 0 Å². The predicted molar refractivity (Wildman–Crippen MR) is 75.2 cm³/mol. The van der Waals surface area contributed by atoms with Gasteiger partial charge in [-0.1, -0.05) is 51.4 Å². The first-order valence-corrected chi connectivity index (χ1v) is 7.41. The van der Waals surface area contributed by atoms with Crippen molar-refractivity contribution in [2.75, 3.05) is 7.11 Å². The van der Waals surface area contributed by atoms with E-state index in [0.29, 0.717) is 0 Å². The van der Waals surface area contributed by atoms with Gasteiger partial charge in [0.25, 0.3) is 0 Å². The summed E-state index contributed by atoms with van der Waals surface area (Å²) >= 11 is 1.67. The van der Waals surface area contributed by atoms with E-state index >= 15 is 0 Å². The first-order valence-electron chi connectivity index (χ1n) is 6.59. The van der Waals surface area contributed by atoms with Gasteiger partial charge in [-0.3, -0.25) is 0 Å². The summed E-state index contributed by atoms with van der Waals surface area (Å²) in [6.45, 7) is 8.89. The highest BCUT2D eigenvalue weighted by atomic mass is 32.1. The van der Waals surface area contributed by atoms with E-state index < -0.39 is 0 Å². The molecule has 0 aliphatic rings. The lowest BCUT2D eigenvalue weighted by Gasteiger charge is -2.28. The lowest BCUT2D eigenvalue weighted by Crippen LogP contribution is -2.23. The van der Waals surface area contributed by atoms with Gasteiger partial charge in [-0.25, -0.2) is 4.98 Å². The van der Waals surface area contributed by atoms with Crippen LogP contribution in [0.3, 0.4) is 0 Å². The first-order chi connectivity index (χ1) is 8.07. The quantitative estimate of drug-likeness (QED) is 0.704. The number of thiazole rings is 1. The van der Waals surface area contributed by atoms with E-state index in [9.17, 15) is 0 Å². The number of unbranched alkanes of at least 4 members (excludes halogenated alkanes) is 1. The van der Waals surface area contributed by atoms with Crippen molar-refractivity contribution in [2.45, 2.75) is 65.2 Å². The lowest BCUT2D eigenvalue weighted by atomic mass is 9.78. The van der Waals surface area contributed by atoms with Gasteiger partial charge in [-0.05, 0) is 19.8 Å². The molecule has 0 aromatic carbocycles. The van der Waals surface area contributed by atoms with Gasteiger partial charge in [0.1, 0.15) is 5.69 Å². The Balaban J connectivity index is 3.02. The minimum Gasteiger partial charge on any atom is -0.486 e. The van der Waals surface area contributed by atoms with Gasteiger partial charge < -0.3 is 4.74 Å². The summed E-state index contributed by atoms with van der Waals surface area (Å²) in [5, 5.41) is 2.12. The lowest BCUT2D eigenvalue weighted by molar-refractivity contribution is 0.347. The Bertz CT molecular complexity index is 348. The van der Waals surface area contributed by atoms with Crippen LogP contribution in [-0.2, 0) is 5.41 Å². The van der Waals surface area contributed by atoms with Crippen LogP contribution in [0.15, 0.2) is 0 Å². The molecule has 0 aliphatic carbocycles. The van der Waals surface area contributed by atoms with Crippen molar-refractivity contribution in [3.63, 3.8) is 0 Å². The van der Waals surface area contributed by atoms with E-state index in [4.69, 9.17) is 9.72 Å². The molecule has 0 N–H and O–H groups in total. The molecule has 0 radical (unpaired) electrons. The van der Waals surface area contributed by atoms with Crippen LogP contribution in [0.1, 0.15) is 63.6 Å². The summed E-state index contributed by atoms with van der Waals surface area (Å²) in [4.78, 5) is 4.72. The number of rotatable bonds is 7. The normalized spacial score (nSPS) is 14.6. The summed E-state index contributed by atoms with van der Waals surface area (Å²) in [7, 11) is 1.75. The maximum atomic E-state index is 5.49. The van der Waals surface area contributed by atoms with Gasteiger partial charge >= 0.3 is 0 Å². The van der Waals surface area contributed by atoms with Gasteiger partial charge in [0.05, 0.1) is 12.1 Å². The third-order valence-corrected chi connectivity index (χ3v) is 4.28. The van der Waals surface area contributed by atoms with E-state index in [1.807, 2.05) is 0 Å². The molecule has 1 aromatic heterocycles. The Hall–Kier alpha value is -0.570. The molecular weight excluding hydrogens is 230 g/mol. The number of hydrogen-bond acceptors (Lipinski definition) is 3. The number of aromatic nitrogens is 1. The number of methoxy groups -OCH3 is 1. The molecule has 0 aliphatic heterocycles. The SMILES string of the molecule is CCCCC(C)(CCC)c1nc(C)sc1OC. The second-order valence-corrected chi connectivity index (χ2v) is 6.15. The standard InChI is InChI=1S/C14H25NOS/c1-6-8-10-14(4,9-7-2)12-13(16-5)17-11(3)15-12/h6-10H2,1-5H3. The summed E-state index contributed by atoms with van der Waals surface area (Å²) in [5.41, 5.74) is 1.36. The zero-order valence-electron chi connectivity index (χ0n) is 11.8. The van der Waals surface area contributed by atoms with Crippen LogP contribution in [0.2, 0.25) is 0 Å². The molecule has 0 saturated heterocycles. The van der Waals surface area contributed by atoms with Gasteiger partial charge in [0.15, 0.2) is 5.06 Å². The summed E-state index contributed by atoms with van der Waals surface area (Å²) in [5.74, 6) is 0. The minimum atomic E-state index is 0.181. The molecule has 0 bridgehead atoms. The van der Waals surface area contributed by atoms with Crippen LogP contribution in [0.25, 0.3) is 0 Å². The highest BCUT2D eigenvalue weighted by molar-refractivity contribution is 7.13. The van der Waals surface area contributed by atoms with Crippen molar-refractivity contribution in [2.24, 2.45) is 0 Å². The summed E-state index contributed by atoms with van der Waals surface area (Å²) in [6.07, 6.45) is 6.09. The predicted octanol–water partition coefficient (Wildman–Crippen LogP) is 4.71. The van der Waals surface area contributed by atoms with Crippen molar-refractivity contribution in [1.82, 2.24) is 4.98 Å². The molecule has 1 rings (SSSR count). The number of aryl methyl sites for hydroxylation is 1. The molecule has 1 aromatic rings. The van der Waals surface area contributed by atoms with Crippen LogP contribution in [0, 0.1) is 6.92 Å². The monoisotopic (exact) mass is 255 g/mol. The fourth-order valence-corrected chi connectivity index (χ4v) is 3.29. The van der Waals surface area contributed by atoms with Crippen molar-refractivity contribution in [1.29, 1.82) is 0 Å². The highest BCUT2D eigenvalue weighted by Crippen LogP contribution is 2.41. The largest absolute Gasteiger partial charge is 0.486 e. The molecule has 1 heterocycles. The number of nitrogens with zero attached hydrogens (tertiary/aromatic N) is 1. The molecule has 17 heavy (non-hydrogen) atoms. The Morgan fingerprint density at radius 2 is 1.94 bits per heavy atom. The molecular formula is C14H25NOS. The molecule has 98 valence electrons. The Morgan fingerprint density at radius 3 is 2.47 bits per heavy atom. The van der Waals surface area contributed by atoms with E-state index in [2.05, 4.69) is 27.7 Å². The van der Waals surface area contributed by atoms with Crippen LogP contribution >= 0.6 is 11.3 Å².